The van der Waals surface area contributed by atoms with Crippen molar-refractivity contribution < 1.29 is 4.79 Å². The summed E-state index contributed by atoms with van der Waals surface area (Å²) in [4.78, 5) is 13.6. The Balaban J connectivity index is 1.55. The third kappa shape index (κ3) is 5.59. The molecule has 0 aliphatic carbocycles. The first-order valence-electron chi connectivity index (χ1n) is 8.18. The van der Waals surface area contributed by atoms with Gasteiger partial charge in [-0.25, -0.2) is 0 Å². The molecule has 0 saturated heterocycles. The fourth-order valence-electron chi connectivity index (χ4n) is 2.11. The maximum Gasteiger partial charge on any atom is 0.257 e. The van der Waals surface area contributed by atoms with Gasteiger partial charge in [0.15, 0.2) is 4.34 Å². The Morgan fingerprint density at radius 3 is 2.50 bits per heavy atom. The van der Waals surface area contributed by atoms with E-state index in [1.165, 1.54) is 21.8 Å². The lowest BCUT2D eigenvalue weighted by Crippen LogP contribution is -2.11. The lowest BCUT2D eigenvalue weighted by Gasteiger charge is -2.04. The molecule has 3 rings (SSSR count). The second kappa shape index (κ2) is 9.21. The third-order valence-corrected chi connectivity index (χ3v) is 6.34. The molecule has 7 heteroatoms. The summed E-state index contributed by atoms with van der Waals surface area (Å²) in [5.41, 5.74) is 1.80. The van der Waals surface area contributed by atoms with Crippen molar-refractivity contribution in [1.82, 2.24) is 10.2 Å². The molecule has 0 aliphatic rings. The van der Waals surface area contributed by atoms with Crippen LogP contribution in [0.3, 0.4) is 0 Å². The summed E-state index contributed by atoms with van der Waals surface area (Å²) in [6, 6.07) is 18.0. The number of anilines is 1. The minimum Gasteiger partial charge on any atom is -0.296 e. The molecule has 3 aromatic rings. The highest BCUT2D eigenvalue weighted by Gasteiger charge is 2.11. The number of hydrogen-bond donors (Lipinski definition) is 1. The summed E-state index contributed by atoms with van der Waals surface area (Å²) in [6.07, 6.45) is 0. The number of benzene rings is 2. The number of carbonyl (C=O) groups is 1. The van der Waals surface area contributed by atoms with Crippen LogP contribution >= 0.6 is 34.9 Å². The Bertz CT molecular complexity index is 848. The molecule has 0 spiro atoms. The molecule has 134 valence electrons. The Kier molecular flexibility index (Phi) is 6.71. The molecule has 26 heavy (non-hydrogen) atoms. The van der Waals surface area contributed by atoms with Crippen LogP contribution in [-0.4, -0.2) is 21.4 Å². The van der Waals surface area contributed by atoms with Crippen molar-refractivity contribution in [3.8, 4) is 0 Å². The summed E-state index contributed by atoms with van der Waals surface area (Å²) in [5.74, 6) is 0.711. The van der Waals surface area contributed by atoms with E-state index in [1.807, 2.05) is 42.5 Å². The Morgan fingerprint density at radius 1 is 1.08 bits per heavy atom. The third-order valence-electron chi connectivity index (χ3n) is 3.33. The van der Waals surface area contributed by atoms with E-state index in [-0.39, 0.29) is 5.91 Å². The van der Waals surface area contributed by atoms with E-state index >= 15 is 0 Å². The van der Waals surface area contributed by atoms with Crippen molar-refractivity contribution in [3.63, 3.8) is 0 Å². The highest BCUT2D eigenvalue weighted by atomic mass is 32.2. The van der Waals surface area contributed by atoms with Gasteiger partial charge in [-0.3, -0.25) is 10.1 Å². The van der Waals surface area contributed by atoms with Crippen LogP contribution < -0.4 is 5.32 Å². The molecule has 0 unspecified atom stereocenters. The molecule has 2 aromatic carbocycles. The maximum absolute atomic E-state index is 12.4. The molecule has 0 bridgehead atoms. The van der Waals surface area contributed by atoms with E-state index in [2.05, 4.69) is 41.5 Å². The fourth-order valence-corrected chi connectivity index (χ4v) is 4.96. The van der Waals surface area contributed by atoms with Crippen LogP contribution in [-0.2, 0) is 5.75 Å². The van der Waals surface area contributed by atoms with Crippen molar-refractivity contribution >= 4 is 45.9 Å². The van der Waals surface area contributed by atoms with Gasteiger partial charge in [0, 0.05) is 21.5 Å². The quantitative estimate of drug-likeness (QED) is 0.413. The van der Waals surface area contributed by atoms with Gasteiger partial charge in [-0.15, -0.1) is 22.0 Å². The molecule has 0 fully saturated rings. The number of rotatable bonds is 7. The topological polar surface area (TPSA) is 54.9 Å². The average molecular weight is 402 g/mol. The second-order valence-corrected chi connectivity index (χ2v) is 9.64. The van der Waals surface area contributed by atoms with Crippen molar-refractivity contribution in [2.75, 3.05) is 5.32 Å². The largest absolute Gasteiger partial charge is 0.296 e. The summed E-state index contributed by atoms with van der Waals surface area (Å²) in [7, 11) is 0. The van der Waals surface area contributed by atoms with Gasteiger partial charge in [0.25, 0.3) is 5.91 Å². The molecular formula is C19H19N3OS3. The highest BCUT2D eigenvalue weighted by molar-refractivity contribution is 8.01. The van der Waals surface area contributed by atoms with Gasteiger partial charge in [-0.1, -0.05) is 67.3 Å². The zero-order valence-corrected chi connectivity index (χ0v) is 17.0. The smallest absolute Gasteiger partial charge is 0.257 e. The Labute approximate surface area is 165 Å². The van der Waals surface area contributed by atoms with Crippen LogP contribution in [0.2, 0.25) is 0 Å². The number of nitrogens with zero attached hydrogens (tertiary/aromatic N) is 2. The molecule has 0 aliphatic heterocycles. The van der Waals surface area contributed by atoms with Gasteiger partial charge in [0.2, 0.25) is 5.13 Å². The van der Waals surface area contributed by atoms with E-state index in [0.717, 1.165) is 10.1 Å². The molecule has 1 heterocycles. The molecule has 4 nitrogen and oxygen atoms in total. The lowest BCUT2D eigenvalue weighted by molar-refractivity contribution is 0.102. The molecule has 0 atom stereocenters. The minimum absolute atomic E-state index is 0.162. The van der Waals surface area contributed by atoms with Crippen molar-refractivity contribution in [1.29, 1.82) is 0 Å². The number of aromatic nitrogens is 2. The van der Waals surface area contributed by atoms with E-state index < -0.39 is 0 Å². The first-order chi connectivity index (χ1) is 12.6. The van der Waals surface area contributed by atoms with Crippen LogP contribution in [0.25, 0.3) is 0 Å². The van der Waals surface area contributed by atoms with E-state index in [0.29, 0.717) is 15.9 Å². The SMILES string of the molecule is CC(C)Sc1nnc(NC(=O)c2ccc(CSc3ccccc3)cc2)s1. The fraction of sp³-hybridized carbons (Fsp3) is 0.211. The zero-order valence-electron chi connectivity index (χ0n) is 14.5. The standard InChI is InChI=1S/C19H19N3OS3/c1-13(2)25-19-22-21-18(26-19)20-17(23)15-10-8-14(9-11-15)12-24-16-6-4-3-5-7-16/h3-11,13H,12H2,1-2H3,(H,20,21,23). The molecule has 0 radical (unpaired) electrons. The molecular weight excluding hydrogens is 382 g/mol. The van der Waals surface area contributed by atoms with Crippen LogP contribution in [0.15, 0.2) is 63.8 Å². The van der Waals surface area contributed by atoms with Gasteiger partial charge in [0.05, 0.1) is 0 Å². The monoisotopic (exact) mass is 401 g/mol. The van der Waals surface area contributed by atoms with Gasteiger partial charge < -0.3 is 0 Å². The minimum atomic E-state index is -0.162. The zero-order chi connectivity index (χ0) is 18.4. The number of nitrogens with one attached hydrogen (secondary N) is 1. The molecule has 0 saturated carbocycles. The first-order valence-corrected chi connectivity index (χ1v) is 10.9. The van der Waals surface area contributed by atoms with Crippen molar-refractivity contribution in [2.24, 2.45) is 0 Å². The summed E-state index contributed by atoms with van der Waals surface area (Å²) >= 11 is 4.82. The summed E-state index contributed by atoms with van der Waals surface area (Å²) in [6.45, 7) is 4.20. The van der Waals surface area contributed by atoms with Crippen LogP contribution in [0, 0.1) is 0 Å². The Hall–Kier alpha value is -1.83. The highest BCUT2D eigenvalue weighted by Crippen LogP contribution is 2.28. The number of amides is 1. The number of hydrogen-bond acceptors (Lipinski definition) is 6. The van der Waals surface area contributed by atoms with E-state index in [1.54, 1.807) is 23.5 Å². The molecule has 1 aromatic heterocycles. The Morgan fingerprint density at radius 2 is 1.81 bits per heavy atom. The predicted octanol–water partition coefficient (Wildman–Crippen LogP) is 5.58. The van der Waals surface area contributed by atoms with Crippen molar-refractivity contribution in [3.05, 3.63) is 65.7 Å². The van der Waals surface area contributed by atoms with E-state index in [4.69, 9.17) is 0 Å². The second-order valence-electron chi connectivity index (χ2n) is 5.79. The van der Waals surface area contributed by atoms with Crippen LogP contribution in [0.4, 0.5) is 5.13 Å². The van der Waals surface area contributed by atoms with Gasteiger partial charge in [0.1, 0.15) is 0 Å². The first kappa shape index (κ1) is 18.9. The maximum atomic E-state index is 12.4. The lowest BCUT2D eigenvalue weighted by atomic mass is 10.1. The van der Waals surface area contributed by atoms with E-state index in [9.17, 15) is 4.79 Å². The summed E-state index contributed by atoms with van der Waals surface area (Å²) < 4.78 is 0.864. The molecule has 1 amide bonds. The predicted molar refractivity (Wildman–Crippen MR) is 111 cm³/mol. The number of thioether (sulfide) groups is 2. The normalized spacial score (nSPS) is 10.9. The van der Waals surface area contributed by atoms with Crippen LogP contribution in [0.1, 0.15) is 29.8 Å². The van der Waals surface area contributed by atoms with Gasteiger partial charge >= 0.3 is 0 Å². The van der Waals surface area contributed by atoms with Gasteiger partial charge in [-0.05, 0) is 29.8 Å². The average Bonchev–Trinajstić information content (AvgIpc) is 3.07. The van der Waals surface area contributed by atoms with Gasteiger partial charge in [-0.2, -0.15) is 0 Å². The van der Waals surface area contributed by atoms with Crippen LogP contribution in [0.5, 0.6) is 0 Å². The molecule has 1 N–H and O–H groups in total. The van der Waals surface area contributed by atoms with Crippen molar-refractivity contribution in [2.45, 2.75) is 34.1 Å². The summed E-state index contributed by atoms with van der Waals surface area (Å²) in [5, 5.41) is 11.9. The number of carbonyl (C=O) groups excluding carboxylic acids is 1.